The minimum atomic E-state index is -4.94. The summed E-state index contributed by atoms with van der Waals surface area (Å²) in [4.78, 5) is 11.1. The summed E-state index contributed by atoms with van der Waals surface area (Å²) in [6.07, 6.45) is -8.16. The van der Waals surface area contributed by atoms with E-state index < -0.39 is 64.1 Å². The van der Waals surface area contributed by atoms with Gasteiger partial charge in [0.2, 0.25) is 0 Å². The van der Waals surface area contributed by atoms with Crippen LogP contribution in [0.1, 0.15) is 17.7 Å². The Kier molecular flexibility index (Phi) is 4.85. The molecule has 1 fully saturated rings. The second kappa shape index (κ2) is 6.20. The van der Waals surface area contributed by atoms with Gasteiger partial charge in [0.05, 0.1) is 23.1 Å². The Morgan fingerprint density at radius 3 is 2.28 bits per heavy atom. The highest BCUT2D eigenvalue weighted by molar-refractivity contribution is 7.89. The van der Waals surface area contributed by atoms with Crippen molar-refractivity contribution in [3.8, 4) is 0 Å². The molecule has 0 amide bonds. The van der Waals surface area contributed by atoms with Crippen LogP contribution in [0.15, 0.2) is 5.03 Å². The van der Waals surface area contributed by atoms with Gasteiger partial charge in [-0.25, -0.2) is 17.2 Å². The number of carboxylic acids is 1. The molecule has 1 aromatic rings. The highest BCUT2D eigenvalue weighted by atomic mass is 32.2. The minimum Gasteiger partial charge on any atom is -0.481 e. The van der Waals surface area contributed by atoms with E-state index in [0.717, 1.165) is 14.0 Å². The molecule has 0 bridgehead atoms. The van der Waals surface area contributed by atoms with E-state index in [1.165, 1.54) is 0 Å². The quantitative estimate of drug-likeness (QED) is 0.787. The number of aryl methyl sites for hydroxylation is 2. The van der Waals surface area contributed by atoms with E-state index in [0.29, 0.717) is 4.68 Å². The van der Waals surface area contributed by atoms with Crippen LogP contribution in [-0.2, 0) is 21.9 Å². The lowest BCUT2D eigenvalue weighted by molar-refractivity contribution is -0.187. The second-order valence-electron chi connectivity index (χ2n) is 5.64. The van der Waals surface area contributed by atoms with Crippen molar-refractivity contribution in [2.24, 2.45) is 18.9 Å². The maximum atomic E-state index is 13.2. The molecule has 1 aromatic heterocycles. The molecular weight excluding hydrogens is 377 g/mol. The molecule has 0 spiro atoms. The fourth-order valence-electron chi connectivity index (χ4n) is 2.88. The number of alkyl halides is 5. The molecule has 0 saturated carbocycles. The van der Waals surface area contributed by atoms with Crippen LogP contribution in [0.5, 0.6) is 0 Å². The van der Waals surface area contributed by atoms with Crippen LogP contribution in [-0.4, -0.2) is 52.8 Å². The van der Waals surface area contributed by atoms with Gasteiger partial charge < -0.3 is 5.11 Å². The van der Waals surface area contributed by atoms with E-state index in [1.807, 2.05) is 0 Å². The van der Waals surface area contributed by atoms with Crippen LogP contribution in [0.3, 0.4) is 0 Å². The van der Waals surface area contributed by atoms with Crippen molar-refractivity contribution < 1.29 is 40.3 Å². The number of sulfonamides is 1. The van der Waals surface area contributed by atoms with E-state index >= 15 is 0 Å². The van der Waals surface area contributed by atoms with Gasteiger partial charge in [-0.2, -0.15) is 22.6 Å². The third-order valence-corrected chi connectivity index (χ3v) is 5.99. The molecule has 25 heavy (non-hydrogen) atoms. The molecule has 2 heterocycles. The minimum absolute atomic E-state index is 0.270. The Bertz CT molecular complexity index is 789. The molecule has 0 unspecified atom stereocenters. The molecule has 0 radical (unpaired) electrons. The lowest BCUT2D eigenvalue weighted by Crippen LogP contribution is -2.34. The van der Waals surface area contributed by atoms with Crippen molar-refractivity contribution in [2.75, 3.05) is 13.1 Å². The third-order valence-electron chi connectivity index (χ3n) is 4.04. The molecule has 0 aromatic carbocycles. The fourth-order valence-corrected chi connectivity index (χ4v) is 4.73. The lowest BCUT2D eigenvalue weighted by atomic mass is 9.96. The zero-order valence-corrected chi connectivity index (χ0v) is 13.8. The second-order valence-corrected chi connectivity index (χ2v) is 7.50. The first-order chi connectivity index (χ1) is 11.3. The molecule has 2 rings (SSSR count). The fraction of sp³-hybridized carbons (Fsp3) is 0.667. The monoisotopic (exact) mass is 391 g/mol. The predicted octanol–water partition coefficient (Wildman–Crippen LogP) is 1.55. The van der Waals surface area contributed by atoms with Crippen molar-refractivity contribution in [3.63, 3.8) is 0 Å². The van der Waals surface area contributed by atoms with Gasteiger partial charge in [0, 0.05) is 20.1 Å². The van der Waals surface area contributed by atoms with Crippen LogP contribution in [0.25, 0.3) is 0 Å². The summed E-state index contributed by atoms with van der Waals surface area (Å²) >= 11 is 0. The summed E-state index contributed by atoms with van der Waals surface area (Å²) in [5.74, 6) is -6.25. The lowest BCUT2D eigenvalue weighted by Gasteiger charge is -2.19. The summed E-state index contributed by atoms with van der Waals surface area (Å²) in [6, 6.07) is 0. The largest absolute Gasteiger partial charge is 0.481 e. The molecular formula is C12H14F5N3O4S. The molecule has 2 atom stereocenters. The molecule has 7 nitrogen and oxygen atoms in total. The number of rotatable bonds is 4. The van der Waals surface area contributed by atoms with Gasteiger partial charge in [-0.1, -0.05) is 0 Å². The number of halogens is 5. The number of carbonyl (C=O) groups is 1. The smallest absolute Gasteiger partial charge is 0.393 e. The molecule has 13 heteroatoms. The van der Waals surface area contributed by atoms with Crippen molar-refractivity contribution in [3.05, 3.63) is 11.3 Å². The van der Waals surface area contributed by atoms with E-state index in [4.69, 9.17) is 5.11 Å². The highest BCUT2D eigenvalue weighted by Crippen LogP contribution is 2.40. The topological polar surface area (TPSA) is 92.5 Å². The molecule has 1 aliphatic heterocycles. The summed E-state index contributed by atoms with van der Waals surface area (Å²) in [5.41, 5.74) is -1.19. The van der Waals surface area contributed by atoms with E-state index in [9.17, 15) is 35.2 Å². The van der Waals surface area contributed by atoms with E-state index in [2.05, 4.69) is 5.10 Å². The number of carboxylic acid groups (broad SMARTS) is 1. The Labute approximate surface area is 139 Å². The van der Waals surface area contributed by atoms with Crippen LogP contribution < -0.4 is 0 Å². The normalized spacial score (nSPS) is 22.7. The predicted molar refractivity (Wildman–Crippen MR) is 72.3 cm³/mol. The number of nitrogens with zero attached hydrogens (tertiary/aromatic N) is 3. The average molecular weight is 391 g/mol. The van der Waals surface area contributed by atoms with Crippen LogP contribution >= 0.6 is 0 Å². The highest BCUT2D eigenvalue weighted by Gasteiger charge is 2.55. The summed E-state index contributed by atoms with van der Waals surface area (Å²) in [5, 5.41) is 11.6. The Morgan fingerprint density at radius 1 is 1.32 bits per heavy atom. The molecule has 0 aliphatic carbocycles. The first-order valence-electron chi connectivity index (χ1n) is 6.89. The zero-order valence-electron chi connectivity index (χ0n) is 13.0. The van der Waals surface area contributed by atoms with Crippen molar-refractivity contribution in [1.82, 2.24) is 14.1 Å². The van der Waals surface area contributed by atoms with Crippen LogP contribution in [0, 0.1) is 18.8 Å². The molecule has 142 valence electrons. The van der Waals surface area contributed by atoms with Crippen LogP contribution in [0.2, 0.25) is 0 Å². The Balaban J connectivity index is 2.51. The van der Waals surface area contributed by atoms with E-state index in [-0.39, 0.29) is 10.00 Å². The molecule has 1 N–H and O–H groups in total. The van der Waals surface area contributed by atoms with Gasteiger partial charge in [0.25, 0.3) is 16.4 Å². The number of hydrogen-bond donors (Lipinski definition) is 1. The van der Waals surface area contributed by atoms with Gasteiger partial charge in [-0.05, 0) is 6.92 Å². The maximum absolute atomic E-state index is 13.2. The average Bonchev–Trinajstić information content (AvgIpc) is 2.99. The van der Waals surface area contributed by atoms with Crippen molar-refractivity contribution >= 4 is 16.0 Å². The van der Waals surface area contributed by atoms with Crippen molar-refractivity contribution in [1.29, 1.82) is 0 Å². The van der Waals surface area contributed by atoms with Crippen LogP contribution in [0.4, 0.5) is 22.0 Å². The van der Waals surface area contributed by atoms with Gasteiger partial charge in [-0.3, -0.25) is 9.48 Å². The Morgan fingerprint density at radius 2 is 1.88 bits per heavy atom. The zero-order chi connectivity index (χ0) is 19.3. The summed E-state index contributed by atoms with van der Waals surface area (Å²) in [6.45, 7) is -0.979. The third kappa shape index (κ3) is 3.34. The SMILES string of the molecule is Cc1nn(C)c(S(=O)(=O)N2C[C@@H](C(F)(F)F)[C@H](C(=O)O)C2)c1C(F)F. The first kappa shape index (κ1) is 19.6. The molecule has 1 aliphatic rings. The van der Waals surface area contributed by atoms with Gasteiger partial charge in [-0.15, -0.1) is 0 Å². The standard InChI is InChI=1S/C12H14F5N3O4S/c1-5-8(9(13)14)10(19(2)18-5)25(23,24)20-3-6(11(21)22)7(4-20)12(15,16)17/h6-7,9H,3-4H2,1-2H3,(H,21,22)/t6-,7-/m1/s1. The maximum Gasteiger partial charge on any atom is 0.393 e. The van der Waals surface area contributed by atoms with Gasteiger partial charge >= 0.3 is 12.1 Å². The first-order valence-corrected chi connectivity index (χ1v) is 8.33. The number of hydrogen-bond acceptors (Lipinski definition) is 4. The summed E-state index contributed by atoms with van der Waals surface area (Å²) in [7, 11) is -3.73. The van der Waals surface area contributed by atoms with Gasteiger partial charge in [0.15, 0.2) is 5.03 Å². The summed E-state index contributed by atoms with van der Waals surface area (Å²) < 4.78 is 91.5. The Hall–Kier alpha value is -1.76. The van der Waals surface area contributed by atoms with Gasteiger partial charge in [0.1, 0.15) is 0 Å². The number of aromatic nitrogens is 2. The van der Waals surface area contributed by atoms with Crippen molar-refractivity contribution in [2.45, 2.75) is 24.6 Å². The number of aliphatic carboxylic acids is 1. The van der Waals surface area contributed by atoms with E-state index in [1.54, 1.807) is 0 Å². The molecule has 1 saturated heterocycles.